The number of aryl methyl sites for hydroxylation is 1. The van der Waals surface area contributed by atoms with Gasteiger partial charge in [-0.25, -0.2) is 9.78 Å². The molecule has 0 saturated heterocycles. The molecule has 0 fully saturated rings. The highest BCUT2D eigenvalue weighted by Crippen LogP contribution is 2.29. The number of fused-ring (bicyclic) bond motifs is 1. The highest BCUT2D eigenvalue weighted by molar-refractivity contribution is 5.78. The zero-order valence-electron chi connectivity index (χ0n) is 15.7. The van der Waals surface area contributed by atoms with E-state index in [2.05, 4.69) is 10.3 Å². The number of carbonyl (C=O) groups excluding carboxylic acids is 1. The fourth-order valence-electron chi connectivity index (χ4n) is 2.93. The van der Waals surface area contributed by atoms with Gasteiger partial charge in [-0.3, -0.25) is 18.7 Å². The number of rotatable bonds is 5. The van der Waals surface area contributed by atoms with E-state index in [-0.39, 0.29) is 24.3 Å². The second-order valence-electron chi connectivity index (χ2n) is 6.55. The topological polar surface area (TPSA) is 90.9 Å². The first-order valence-electron chi connectivity index (χ1n) is 8.63. The summed E-state index contributed by atoms with van der Waals surface area (Å²) in [4.78, 5) is 40.5. The predicted molar refractivity (Wildman–Crippen MR) is 98.4 cm³/mol. The van der Waals surface area contributed by atoms with E-state index in [1.165, 1.54) is 41.7 Å². The Balaban J connectivity index is 1.65. The second-order valence-corrected chi connectivity index (χ2v) is 6.55. The number of alkyl halides is 3. The van der Waals surface area contributed by atoms with Crippen molar-refractivity contribution in [3.8, 4) is 0 Å². The van der Waals surface area contributed by atoms with Crippen molar-refractivity contribution >= 4 is 17.1 Å². The number of nitrogens with one attached hydrogen (secondary N) is 1. The van der Waals surface area contributed by atoms with Crippen molar-refractivity contribution in [2.45, 2.75) is 19.1 Å². The molecule has 8 nitrogen and oxygen atoms in total. The van der Waals surface area contributed by atoms with Crippen LogP contribution < -0.4 is 16.6 Å². The summed E-state index contributed by atoms with van der Waals surface area (Å²) in [6, 6.07) is 4.72. The Labute approximate surface area is 162 Å². The largest absolute Gasteiger partial charge is 0.416 e. The molecular weight excluding hydrogens is 391 g/mol. The van der Waals surface area contributed by atoms with E-state index in [4.69, 9.17) is 0 Å². The minimum absolute atomic E-state index is 0.132. The monoisotopic (exact) mass is 409 g/mol. The highest BCUT2D eigenvalue weighted by Gasteiger charge is 2.29. The minimum atomic E-state index is -4.39. The molecule has 0 aliphatic carbocycles. The molecule has 29 heavy (non-hydrogen) atoms. The SMILES string of the molecule is Cn1c(=O)c2c(ncn2CC(=O)NCCc2ccc(C(F)(F)F)cc2)n(C)c1=O. The molecule has 1 N–H and O–H groups in total. The second kappa shape index (κ2) is 7.57. The van der Waals surface area contributed by atoms with Crippen molar-refractivity contribution in [3.05, 3.63) is 62.6 Å². The molecule has 1 amide bonds. The van der Waals surface area contributed by atoms with E-state index >= 15 is 0 Å². The normalized spacial score (nSPS) is 11.8. The third-order valence-electron chi connectivity index (χ3n) is 4.55. The maximum Gasteiger partial charge on any atom is 0.416 e. The van der Waals surface area contributed by atoms with Gasteiger partial charge in [0.2, 0.25) is 5.91 Å². The molecule has 0 radical (unpaired) electrons. The third kappa shape index (κ3) is 4.08. The van der Waals surface area contributed by atoms with E-state index in [1.54, 1.807) is 0 Å². The lowest BCUT2D eigenvalue weighted by molar-refractivity contribution is -0.137. The molecule has 11 heteroatoms. The van der Waals surface area contributed by atoms with Crippen molar-refractivity contribution in [1.82, 2.24) is 24.0 Å². The van der Waals surface area contributed by atoms with Gasteiger partial charge < -0.3 is 9.88 Å². The number of nitrogens with zero attached hydrogens (tertiary/aromatic N) is 4. The van der Waals surface area contributed by atoms with Crippen molar-refractivity contribution < 1.29 is 18.0 Å². The predicted octanol–water partition coefficient (Wildman–Crippen LogP) is 0.811. The van der Waals surface area contributed by atoms with Gasteiger partial charge in [-0.15, -0.1) is 0 Å². The third-order valence-corrected chi connectivity index (χ3v) is 4.55. The van der Waals surface area contributed by atoms with E-state index in [9.17, 15) is 27.6 Å². The van der Waals surface area contributed by atoms with Gasteiger partial charge in [-0.05, 0) is 24.1 Å². The molecule has 154 valence electrons. The fourth-order valence-corrected chi connectivity index (χ4v) is 2.93. The minimum Gasteiger partial charge on any atom is -0.354 e. The van der Waals surface area contributed by atoms with Crippen molar-refractivity contribution in [1.29, 1.82) is 0 Å². The molecule has 0 unspecified atom stereocenters. The summed E-state index contributed by atoms with van der Waals surface area (Å²) in [7, 11) is 2.82. The maximum absolute atomic E-state index is 12.6. The van der Waals surface area contributed by atoms with Crippen molar-refractivity contribution in [3.63, 3.8) is 0 Å². The average Bonchev–Trinajstić information content (AvgIpc) is 3.08. The number of carbonyl (C=O) groups is 1. The number of amides is 1. The van der Waals surface area contributed by atoms with Gasteiger partial charge in [0.05, 0.1) is 11.9 Å². The Bertz CT molecular complexity index is 1170. The maximum atomic E-state index is 12.6. The van der Waals surface area contributed by atoms with Crippen LogP contribution in [0.4, 0.5) is 13.2 Å². The zero-order valence-corrected chi connectivity index (χ0v) is 15.7. The van der Waals surface area contributed by atoms with Crippen molar-refractivity contribution in [2.75, 3.05) is 6.54 Å². The van der Waals surface area contributed by atoms with Gasteiger partial charge in [0.25, 0.3) is 5.56 Å². The summed E-state index contributed by atoms with van der Waals surface area (Å²) in [5.41, 5.74) is -0.849. The lowest BCUT2D eigenvalue weighted by Gasteiger charge is -2.09. The Morgan fingerprint density at radius 2 is 1.76 bits per heavy atom. The van der Waals surface area contributed by atoms with Crippen LogP contribution >= 0.6 is 0 Å². The standard InChI is InChI=1S/C18H18F3N5O3/c1-24-15-14(16(28)25(2)17(24)29)26(10-23-15)9-13(27)22-8-7-11-3-5-12(6-4-11)18(19,20)21/h3-6,10H,7-9H2,1-2H3,(H,22,27). The van der Waals surface area contributed by atoms with Gasteiger partial charge in [-0.1, -0.05) is 12.1 Å². The smallest absolute Gasteiger partial charge is 0.354 e. The molecule has 1 aromatic carbocycles. The first kappa shape index (κ1) is 20.4. The van der Waals surface area contributed by atoms with Crippen LogP contribution in [-0.2, 0) is 38.0 Å². The lowest BCUT2D eigenvalue weighted by Crippen LogP contribution is -2.38. The van der Waals surface area contributed by atoms with Crippen LogP contribution in [0.1, 0.15) is 11.1 Å². The van der Waals surface area contributed by atoms with E-state index in [0.717, 1.165) is 16.7 Å². The summed E-state index contributed by atoms with van der Waals surface area (Å²) >= 11 is 0. The number of halogens is 3. The Morgan fingerprint density at radius 1 is 1.10 bits per heavy atom. The van der Waals surface area contributed by atoms with Crippen LogP contribution in [0.25, 0.3) is 11.2 Å². The Morgan fingerprint density at radius 3 is 2.38 bits per heavy atom. The van der Waals surface area contributed by atoms with Crippen molar-refractivity contribution in [2.24, 2.45) is 14.1 Å². The molecule has 0 atom stereocenters. The van der Waals surface area contributed by atoms with Crippen LogP contribution in [0, 0.1) is 0 Å². The molecule has 2 aromatic heterocycles. The zero-order chi connectivity index (χ0) is 21.3. The molecule has 3 aromatic rings. The lowest BCUT2D eigenvalue weighted by atomic mass is 10.1. The summed E-state index contributed by atoms with van der Waals surface area (Å²) in [5, 5.41) is 2.65. The molecule has 0 aliphatic rings. The molecule has 0 spiro atoms. The highest BCUT2D eigenvalue weighted by atomic mass is 19.4. The van der Waals surface area contributed by atoms with Gasteiger partial charge in [0.15, 0.2) is 11.2 Å². The van der Waals surface area contributed by atoms with Crippen LogP contribution in [0.15, 0.2) is 40.2 Å². The number of hydrogen-bond donors (Lipinski definition) is 1. The molecular formula is C18H18F3N5O3. The quantitative estimate of drug-likeness (QED) is 0.675. The van der Waals surface area contributed by atoms with E-state index in [0.29, 0.717) is 12.0 Å². The van der Waals surface area contributed by atoms with E-state index < -0.39 is 28.9 Å². The fraction of sp³-hybridized carbons (Fsp3) is 0.333. The van der Waals surface area contributed by atoms with Gasteiger partial charge >= 0.3 is 11.9 Å². The summed E-state index contributed by atoms with van der Waals surface area (Å²) < 4.78 is 41.2. The Hall–Kier alpha value is -3.37. The van der Waals surface area contributed by atoms with Crippen LogP contribution in [0.3, 0.4) is 0 Å². The van der Waals surface area contributed by atoms with E-state index in [1.807, 2.05) is 0 Å². The number of imidazole rings is 1. The Kier molecular flexibility index (Phi) is 5.31. The molecule has 0 aliphatic heterocycles. The molecule has 2 heterocycles. The van der Waals surface area contributed by atoms with Gasteiger partial charge in [0.1, 0.15) is 6.54 Å². The van der Waals surface area contributed by atoms with Crippen LogP contribution in [0.5, 0.6) is 0 Å². The molecule has 0 bridgehead atoms. The summed E-state index contributed by atoms with van der Waals surface area (Å²) in [5.74, 6) is -0.396. The molecule has 0 saturated carbocycles. The first-order valence-corrected chi connectivity index (χ1v) is 8.63. The van der Waals surface area contributed by atoms with Crippen LogP contribution in [-0.4, -0.2) is 31.1 Å². The van der Waals surface area contributed by atoms with Crippen LogP contribution in [0.2, 0.25) is 0 Å². The molecule has 3 rings (SSSR count). The van der Waals surface area contributed by atoms with Gasteiger partial charge in [-0.2, -0.15) is 13.2 Å². The number of hydrogen-bond acceptors (Lipinski definition) is 4. The summed E-state index contributed by atoms with van der Waals surface area (Å²) in [6.07, 6.45) is -2.73. The summed E-state index contributed by atoms with van der Waals surface area (Å²) in [6.45, 7) is 0.0320. The van der Waals surface area contributed by atoms with Gasteiger partial charge in [0, 0.05) is 20.6 Å². The number of aromatic nitrogens is 4. The number of benzene rings is 1. The average molecular weight is 409 g/mol. The first-order chi connectivity index (χ1) is 13.6.